The molecule has 0 aliphatic rings. The molecule has 0 bridgehead atoms. The maximum Gasteiger partial charge on any atom is 0.173 e. The van der Waals surface area contributed by atoms with Crippen molar-refractivity contribution in [2.45, 2.75) is 104 Å². The van der Waals surface area contributed by atoms with Crippen LogP contribution in [0.25, 0.3) is 0 Å². The van der Waals surface area contributed by atoms with Gasteiger partial charge in [0.15, 0.2) is 16.6 Å². The average molecular weight is 487 g/mol. The van der Waals surface area contributed by atoms with Gasteiger partial charge in [-0.25, -0.2) is 0 Å². The first kappa shape index (κ1) is 27.7. The summed E-state index contributed by atoms with van der Waals surface area (Å²) < 4.78 is 18.4. The first-order chi connectivity index (χ1) is 15.4. The monoisotopic (exact) mass is 486 g/mol. The fourth-order valence-electron chi connectivity index (χ4n) is 4.30. The van der Waals surface area contributed by atoms with Crippen molar-refractivity contribution in [1.82, 2.24) is 0 Å². The van der Waals surface area contributed by atoms with E-state index in [0.29, 0.717) is 0 Å². The maximum atomic E-state index is 6.86. The van der Waals surface area contributed by atoms with Crippen LogP contribution in [-0.4, -0.2) is 28.8 Å². The van der Waals surface area contributed by atoms with E-state index < -0.39 is 16.6 Å². The third-order valence-electron chi connectivity index (χ3n) is 5.63. The van der Waals surface area contributed by atoms with Gasteiger partial charge in [-0.3, -0.25) is 0 Å². The van der Waals surface area contributed by atoms with E-state index in [1.165, 1.54) is 36.1 Å². The molecule has 0 radical (unpaired) electrons. The lowest BCUT2D eigenvalue weighted by Gasteiger charge is -2.34. The molecule has 2 aromatic carbocycles. The van der Waals surface area contributed by atoms with Crippen LogP contribution in [0.5, 0.6) is 11.5 Å². The van der Waals surface area contributed by atoms with Crippen LogP contribution >= 0.6 is 0 Å². The highest BCUT2D eigenvalue weighted by molar-refractivity contribution is 6.84. The Bertz CT molecular complexity index is 743. The minimum atomic E-state index is -1.66. The molecule has 0 fully saturated rings. The second-order valence-corrected chi connectivity index (χ2v) is 19.8. The lowest BCUT2D eigenvalue weighted by atomic mass is 10.1. The topological polar surface area (TPSA) is 27.7 Å². The predicted molar refractivity (Wildman–Crippen MR) is 147 cm³/mol. The number of hydrogen-bond donors (Lipinski definition) is 0. The van der Waals surface area contributed by atoms with E-state index in [1.54, 1.807) is 0 Å². The molecular weight excluding hydrogens is 440 g/mol. The number of hydrogen-bond acceptors (Lipinski definition) is 3. The fourth-order valence-corrected chi connectivity index (χ4v) is 13.2. The van der Waals surface area contributed by atoms with Crippen molar-refractivity contribution in [3.8, 4) is 11.5 Å². The second-order valence-electron chi connectivity index (χ2n) is 10.9. The van der Waals surface area contributed by atoms with E-state index >= 15 is 0 Å². The van der Waals surface area contributed by atoms with Gasteiger partial charge in [0.2, 0.25) is 0 Å². The SMILES string of the molecule is CC(C)Oc1ccc(CCC[Si](C)(C)O[Si](C)(C)CCCc2ccc(OC(C)C)cc2)cc1. The minimum absolute atomic E-state index is 0.220. The molecule has 2 aromatic rings. The number of ether oxygens (including phenoxy) is 2. The van der Waals surface area contributed by atoms with Gasteiger partial charge in [0.1, 0.15) is 11.5 Å². The Hall–Kier alpha value is -1.57. The zero-order valence-electron chi connectivity index (χ0n) is 22.2. The fraction of sp³-hybridized carbons (Fsp3) is 0.571. The molecule has 184 valence electrons. The molecule has 0 N–H and O–H groups in total. The van der Waals surface area contributed by atoms with Gasteiger partial charge in [0.25, 0.3) is 0 Å². The van der Waals surface area contributed by atoms with Crippen LogP contribution in [0.2, 0.25) is 38.3 Å². The Morgan fingerprint density at radius 3 is 1.21 bits per heavy atom. The van der Waals surface area contributed by atoms with E-state index in [1.807, 2.05) is 0 Å². The predicted octanol–water partition coefficient (Wildman–Crippen LogP) is 8.25. The van der Waals surface area contributed by atoms with Crippen molar-refractivity contribution in [3.63, 3.8) is 0 Å². The molecule has 0 unspecified atom stereocenters. The molecule has 0 spiro atoms. The highest BCUT2D eigenvalue weighted by Crippen LogP contribution is 2.26. The van der Waals surface area contributed by atoms with Crippen molar-refractivity contribution in [3.05, 3.63) is 59.7 Å². The molecule has 33 heavy (non-hydrogen) atoms. The molecule has 0 saturated heterocycles. The van der Waals surface area contributed by atoms with Crippen molar-refractivity contribution in [2.24, 2.45) is 0 Å². The third-order valence-corrected chi connectivity index (χ3v) is 13.2. The maximum absolute atomic E-state index is 6.86. The molecule has 5 heteroatoms. The summed E-state index contributed by atoms with van der Waals surface area (Å²) in [6.45, 7) is 17.8. The van der Waals surface area contributed by atoms with Crippen molar-refractivity contribution in [2.75, 3.05) is 0 Å². The van der Waals surface area contributed by atoms with E-state index in [9.17, 15) is 0 Å². The quantitative estimate of drug-likeness (QED) is 0.252. The average Bonchev–Trinajstić information content (AvgIpc) is 2.69. The van der Waals surface area contributed by atoms with Crippen LogP contribution in [-0.2, 0) is 17.0 Å². The van der Waals surface area contributed by atoms with E-state index in [-0.39, 0.29) is 12.2 Å². The molecule has 0 aliphatic heterocycles. The summed E-state index contributed by atoms with van der Waals surface area (Å²) in [4.78, 5) is 0. The van der Waals surface area contributed by atoms with Crippen LogP contribution in [0, 0.1) is 0 Å². The van der Waals surface area contributed by atoms with Crippen molar-refractivity contribution >= 4 is 16.6 Å². The summed E-state index contributed by atoms with van der Waals surface area (Å²) in [7, 11) is -3.31. The Morgan fingerprint density at radius 1 is 0.576 bits per heavy atom. The van der Waals surface area contributed by atoms with Gasteiger partial charge in [-0.1, -0.05) is 24.3 Å². The molecular formula is C28H46O3Si2. The molecule has 0 aromatic heterocycles. The number of benzene rings is 2. The van der Waals surface area contributed by atoms with E-state index in [2.05, 4.69) is 102 Å². The summed E-state index contributed by atoms with van der Waals surface area (Å²) in [5.41, 5.74) is 2.77. The molecule has 3 nitrogen and oxygen atoms in total. The molecule has 0 aliphatic carbocycles. The van der Waals surface area contributed by atoms with Gasteiger partial charge in [-0.15, -0.1) is 0 Å². The number of aryl methyl sites for hydroxylation is 2. The van der Waals surface area contributed by atoms with Gasteiger partial charge in [0, 0.05) is 0 Å². The van der Waals surface area contributed by atoms with E-state index in [4.69, 9.17) is 13.6 Å². The van der Waals surface area contributed by atoms with Gasteiger partial charge in [-0.05, 0) is 127 Å². The summed E-state index contributed by atoms with van der Waals surface area (Å²) in [6.07, 6.45) is 5.05. The van der Waals surface area contributed by atoms with Crippen molar-refractivity contribution < 1.29 is 13.6 Å². The van der Waals surface area contributed by atoms with Gasteiger partial charge < -0.3 is 13.6 Å². The first-order valence-electron chi connectivity index (χ1n) is 12.7. The van der Waals surface area contributed by atoms with Gasteiger partial charge in [0.05, 0.1) is 12.2 Å². The summed E-state index contributed by atoms with van der Waals surface area (Å²) in [5, 5.41) is 0. The Kier molecular flexibility index (Phi) is 10.7. The van der Waals surface area contributed by atoms with Gasteiger partial charge in [-0.2, -0.15) is 0 Å². The zero-order chi connectivity index (χ0) is 24.5. The summed E-state index contributed by atoms with van der Waals surface area (Å²) in [6, 6.07) is 19.6. The van der Waals surface area contributed by atoms with Crippen LogP contribution in [0.1, 0.15) is 51.7 Å². The lowest BCUT2D eigenvalue weighted by molar-refractivity contribution is 0.242. The normalized spacial score (nSPS) is 12.4. The largest absolute Gasteiger partial charge is 0.491 e. The van der Waals surface area contributed by atoms with E-state index in [0.717, 1.165) is 24.3 Å². The van der Waals surface area contributed by atoms with Gasteiger partial charge >= 0.3 is 0 Å². The van der Waals surface area contributed by atoms with Crippen LogP contribution in [0.3, 0.4) is 0 Å². The van der Waals surface area contributed by atoms with Crippen LogP contribution in [0.15, 0.2) is 48.5 Å². The minimum Gasteiger partial charge on any atom is -0.491 e. The Labute approximate surface area is 205 Å². The second kappa shape index (κ2) is 12.8. The highest BCUT2D eigenvalue weighted by atomic mass is 28.4. The third kappa shape index (κ3) is 11.4. The molecule has 0 amide bonds. The van der Waals surface area contributed by atoms with Crippen LogP contribution in [0.4, 0.5) is 0 Å². The molecule has 0 heterocycles. The number of rotatable bonds is 14. The first-order valence-corrected chi connectivity index (χ1v) is 18.9. The summed E-state index contributed by atoms with van der Waals surface area (Å²) >= 11 is 0. The van der Waals surface area contributed by atoms with Crippen molar-refractivity contribution in [1.29, 1.82) is 0 Å². The highest BCUT2D eigenvalue weighted by Gasteiger charge is 2.32. The summed E-state index contributed by atoms with van der Waals surface area (Å²) in [5.74, 6) is 1.92. The standard InChI is InChI=1S/C28H46O3Si2/c1-23(2)29-27-17-13-25(14-18-27)11-9-21-32(5,6)31-33(7,8)22-10-12-26-15-19-28(20-16-26)30-24(3)4/h13-20,23-24H,9-12,21-22H2,1-8H3. The van der Waals surface area contributed by atoms with Crippen LogP contribution < -0.4 is 9.47 Å². The molecule has 0 atom stereocenters. The lowest BCUT2D eigenvalue weighted by Crippen LogP contribution is -2.44. The molecule has 0 saturated carbocycles. The zero-order valence-corrected chi connectivity index (χ0v) is 24.2. The Balaban J connectivity index is 1.73. The Morgan fingerprint density at radius 2 is 0.909 bits per heavy atom. The molecule has 2 rings (SSSR count). The smallest absolute Gasteiger partial charge is 0.173 e.